The van der Waals surface area contributed by atoms with Crippen molar-refractivity contribution in [2.45, 2.75) is 6.92 Å². The lowest BCUT2D eigenvalue weighted by molar-refractivity contribution is 0.0592. The smallest absolute Gasteiger partial charge is 0.357 e. The van der Waals surface area contributed by atoms with Crippen molar-refractivity contribution in [3.8, 4) is 5.88 Å². The molecule has 0 aliphatic heterocycles. The number of fused-ring (bicyclic) bond motifs is 1. The lowest BCUT2D eigenvalue weighted by Crippen LogP contribution is -2.08. The molecule has 0 N–H and O–H groups in total. The molecule has 2 aromatic rings. The molecule has 0 saturated carbocycles. The van der Waals surface area contributed by atoms with Gasteiger partial charge in [-0.05, 0) is 23.9 Å². The van der Waals surface area contributed by atoms with E-state index in [1.807, 2.05) is 31.2 Å². The zero-order chi connectivity index (χ0) is 12.4. The van der Waals surface area contributed by atoms with E-state index < -0.39 is 5.97 Å². The van der Waals surface area contributed by atoms with Gasteiger partial charge in [0.1, 0.15) is 0 Å². The Labute approximate surface area is 99.2 Å². The molecular weight excluding hydrogens is 218 g/mol. The third-order valence-corrected chi connectivity index (χ3v) is 2.70. The van der Waals surface area contributed by atoms with Crippen LogP contribution in [0.15, 0.2) is 24.3 Å². The number of pyridine rings is 1. The molecule has 0 spiro atoms. The standard InChI is InChI=1S/C13H13NO3/c1-8-9-6-4-5-7-10(9)12(16-2)14-11(8)13(15)17-3/h4-7H,1-3H3. The third kappa shape index (κ3) is 1.82. The van der Waals surface area contributed by atoms with E-state index in [1.165, 1.54) is 14.2 Å². The van der Waals surface area contributed by atoms with Crippen LogP contribution < -0.4 is 4.74 Å². The van der Waals surface area contributed by atoms with Crippen molar-refractivity contribution in [1.82, 2.24) is 4.98 Å². The van der Waals surface area contributed by atoms with Gasteiger partial charge in [-0.3, -0.25) is 0 Å². The minimum Gasteiger partial charge on any atom is -0.481 e. The summed E-state index contributed by atoms with van der Waals surface area (Å²) in [5, 5.41) is 1.83. The van der Waals surface area contributed by atoms with Gasteiger partial charge in [0.15, 0.2) is 5.69 Å². The van der Waals surface area contributed by atoms with Crippen LogP contribution in [-0.2, 0) is 4.74 Å². The van der Waals surface area contributed by atoms with Crippen molar-refractivity contribution in [3.63, 3.8) is 0 Å². The Hall–Kier alpha value is -2.10. The van der Waals surface area contributed by atoms with Crippen LogP contribution in [0.25, 0.3) is 10.8 Å². The fourth-order valence-corrected chi connectivity index (χ4v) is 1.82. The average molecular weight is 231 g/mol. The molecule has 4 nitrogen and oxygen atoms in total. The van der Waals surface area contributed by atoms with Crippen molar-refractivity contribution in [2.24, 2.45) is 0 Å². The van der Waals surface area contributed by atoms with Crippen molar-refractivity contribution < 1.29 is 14.3 Å². The Kier molecular flexibility index (Phi) is 2.95. The van der Waals surface area contributed by atoms with Gasteiger partial charge in [0, 0.05) is 5.39 Å². The maximum atomic E-state index is 11.6. The molecule has 0 saturated heterocycles. The lowest BCUT2D eigenvalue weighted by atomic mass is 10.1. The predicted molar refractivity (Wildman–Crippen MR) is 64.4 cm³/mol. The molecule has 0 fully saturated rings. The molecule has 4 heteroatoms. The number of hydrogen-bond donors (Lipinski definition) is 0. The average Bonchev–Trinajstić information content (AvgIpc) is 2.39. The SMILES string of the molecule is COC(=O)c1nc(OC)c2ccccc2c1C. The molecule has 0 atom stereocenters. The van der Waals surface area contributed by atoms with Crippen LogP contribution in [0.2, 0.25) is 0 Å². The molecule has 88 valence electrons. The number of aryl methyl sites for hydroxylation is 1. The fraction of sp³-hybridized carbons (Fsp3) is 0.231. The van der Waals surface area contributed by atoms with Gasteiger partial charge in [-0.15, -0.1) is 0 Å². The highest BCUT2D eigenvalue weighted by Gasteiger charge is 2.17. The van der Waals surface area contributed by atoms with E-state index in [4.69, 9.17) is 9.47 Å². The van der Waals surface area contributed by atoms with Crippen LogP contribution >= 0.6 is 0 Å². The molecule has 0 bridgehead atoms. The Morgan fingerprint density at radius 3 is 2.41 bits per heavy atom. The molecule has 0 radical (unpaired) electrons. The minimum absolute atomic E-state index is 0.294. The van der Waals surface area contributed by atoms with Crippen LogP contribution in [0.3, 0.4) is 0 Å². The molecular formula is C13H13NO3. The lowest BCUT2D eigenvalue weighted by Gasteiger charge is -2.10. The Morgan fingerprint density at radius 2 is 1.82 bits per heavy atom. The largest absolute Gasteiger partial charge is 0.481 e. The summed E-state index contributed by atoms with van der Waals surface area (Å²) in [7, 11) is 2.87. The Balaban J connectivity index is 2.80. The van der Waals surface area contributed by atoms with Gasteiger partial charge in [-0.25, -0.2) is 9.78 Å². The fourth-order valence-electron chi connectivity index (χ4n) is 1.82. The van der Waals surface area contributed by atoms with Crippen LogP contribution in [0.4, 0.5) is 0 Å². The molecule has 1 aromatic heterocycles. The van der Waals surface area contributed by atoms with Crippen LogP contribution in [0.5, 0.6) is 5.88 Å². The van der Waals surface area contributed by atoms with E-state index in [9.17, 15) is 4.79 Å². The number of carbonyl (C=O) groups excluding carboxylic acids is 1. The van der Waals surface area contributed by atoms with E-state index in [0.717, 1.165) is 16.3 Å². The van der Waals surface area contributed by atoms with Gasteiger partial charge < -0.3 is 9.47 Å². The van der Waals surface area contributed by atoms with E-state index >= 15 is 0 Å². The maximum absolute atomic E-state index is 11.6. The number of nitrogens with zero attached hydrogens (tertiary/aromatic N) is 1. The van der Waals surface area contributed by atoms with Gasteiger partial charge in [0.2, 0.25) is 5.88 Å². The second-order valence-corrected chi connectivity index (χ2v) is 3.63. The predicted octanol–water partition coefficient (Wildman–Crippen LogP) is 2.34. The molecule has 17 heavy (non-hydrogen) atoms. The molecule has 0 unspecified atom stereocenters. The van der Waals surface area contributed by atoms with Crippen molar-refractivity contribution >= 4 is 16.7 Å². The van der Waals surface area contributed by atoms with Crippen molar-refractivity contribution in [2.75, 3.05) is 14.2 Å². The summed E-state index contributed by atoms with van der Waals surface area (Å²) in [5.41, 5.74) is 1.09. The highest BCUT2D eigenvalue weighted by molar-refractivity contribution is 5.98. The number of methoxy groups -OCH3 is 2. The van der Waals surface area contributed by atoms with Crippen LogP contribution in [0, 0.1) is 6.92 Å². The quantitative estimate of drug-likeness (QED) is 0.744. The normalized spacial score (nSPS) is 10.3. The minimum atomic E-state index is -0.452. The summed E-state index contributed by atoms with van der Waals surface area (Å²) >= 11 is 0. The summed E-state index contributed by atoms with van der Waals surface area (Å²) in [6, 6.07) is 7.66. The number of esters is 1. The second kappa shape index (κ2) is 4.41. The molecule has 0 aliphatic rings. The molecule has 0 aliphatic carbocycles. The molecule has 2 rings (SSSR count). The van der Waals surface area contributed by atoms with E-state index in [1.54, 1.807) is 0 Å². The maximum Gasteiger partial charge on any atom is 0.357 e. The number of benzene rings is 1. The third-order valence-electron chi connectivity index (χ3n) is 2.70. The van der Waals surface area contributed by atoms with E-state index in [-0.39, 0.29) is 0 Å². The number of carbonyl (C=O) groups is 1. The van der Waals surface area contributed by atoms with Crippen LogP contribution in [0.1, 0.15) is 16.1 Å². The zero-order valence-corrected chi connectivity index (χ0v) is 9.98. The summed E-state index contributed by atoms with van der Waals surface area (Å²) in [4.78, 5) is 15.8. The number of rotatable bonds is 2. The number of aromatic nitrogens is 1. The highest BCUT2D eigenvalue weighted by atomic mass is 16.5. The zero-order valence-electron chi connectivity index (χ0n) is 9.98. The Bertz CT molecular complexity index is 578. The first-order valence-corrected chi connectivity index (χ1v) is 5.20. The first kappa shape index (κ1) is 11.4. The summed E-state index contributed by atoms with van der Waals surface area (Å²) in [6.07, 6.45) is 0. The molecule has 1 heterocycles. The highest BCUT2D eigenvalue weighted by Crippen LogP contribution is 2.28. The van der Waals surface area contributed by atoms with Crippen molar-refractivity contribution in [3.05, 3.63) is 35.5 Å². The first-order valence-electron chi connectivity index (χ1n) is 5.20. The monoisotopic (exact) mass is 231 g/mol. The Morgan fingerprint density at radius 1 is 1.18 bits per heavy atom. The number of ether oxygens (including phenoxy) is 2. The van der Waals surface area contributed by atoms with E-state index in [2.05, 4.69) is 4.98 Å². The summed E-state index contributed by atoms with van der Waals surface area (Å²) in [5.74, 6) is -0.0156. The topological polar surface area (TPSA) is 48.4 Å². The molecule has 0 amide bonds. The summed E-state index contributed by atoms with van der Waals surface area (Å²) < 4.78 is 9.91. The van der Waals surface area contributed by atoms with Crippen molar-refractivity contribution in [1.29, 1.82) is 0 Å². The second-order valence-electron chi connectivity index (χ2n) is 3.63. The van der Waals surface area contributed by atoms with Gasteiger partial charge in [-0.1, -0.05) is 18.2 Å². The van der Waals surface area contributed by atoms with Gasteiger partial charge >= 0.3 is 5.97 Å². The van der Waals surface area contributed by atoms with Gasteiger partial charge in [0.25, 0.3) is 0 Å². The molecule has 1 aromatic carbocycles. The summed E-state index contributed by atoms with van der Waals surface area (Å²) in [6.45, 7) is 1.85. The van der Waals surface area contributed by atoms with Gasteiger partial charge in [-0.2, -0.15) is 0 Å². The number of hydrogen-bond acceptors (Lipinski definition) is 4. The van der Waals surface area contributed by atoms with E-state index in [0.29, 0.717) is 11.6 Å². The van der Waals surface area contributed by atoms with Gasteiger partial charge in [0.05, 0.1) is 14.2 Å². The van der Waals surface area contributed by atoms with Crippen LogP contribution in [-0.4, -0.2) is 25.2 Å². The first-order chi connectivity index (χ1) is 8.19.